The normalized spacial score (nSPS) is 12.3. The van der Waals surface area contributed by atoms with E-state index in [4.69, 9.17) is 5.84 Å². The lowest BCUT2D eigenvalue weighted by molar-refractivity contribution is 0.559. The number of hydrazine groups is 1. The molecule has 0 bridgehead atoms. The van der Waals surface area contributed by atoms with Gasteiger partial charge >= 0.3 is 0 Å². The van der Waals surface area contributed by atoms with Crippen LogP contribution in [0.25, 0.3) is 0 Å². The van der Waals surface area contributed by atoms with Gasteiger partial charge in [-0.3, -0.25) is 0 Å². The van der Waals surface area contributed by atoms with E-state index in [0.29, 0.717) is 11.6 Å². The molecule has 0 radical (unpaired) electrons. The molecule has 0 fully saturated rings. The molecule has 4 N–H and O–H groups in total. The van der Waals surface area contributed by atoms with Crippen molar-refractivity contribution < 1.29 is 8.42 Å². The summed E-state index contributed by atoms with van der Waals surface area (Å²) in [4.78, 5) is 8.00. The number of nitrogen functional groups attached to an aromatic ring is 1. The van der Waals surface area contributed by atoms with E-state index in [2.05, 4.69) is 20.7 Å². The Hall–Kier alpha value is -1.41. The molecule has 102 valence electrons. The molecule has 0 saturated heterocycles. The molecule has 0 aliphatic heterocycles. The first-order valence-corrected chi connectivity index (χ1v) is 7.30. The molecular weight excluding hydrogens is 254 g/mol. The average Bonchev–Trinajstić information content (AvgIpc) is 2.26. The highest BCUT2D eigenvalue weighted by molar-refractivity contribution is 7.92. The van der Waals surface area contributed by atoms with Gasteiger partial charge in [0, 0.05) is 18.4 Å². The Bertz CT molecular complexity index is 527. The predicted molar refractivity (Wildman–Crippen MR) is 72.0 cm³/mol. The molecule has 0 saturated carbocycles. The van der Waals surface area contributed by atoms with Crippen LogP contribution in [0, 0.1) is 6.92 Å². The maximum atomic E-state index is 11.6. The number of aromatic nitrogens is 2. The van der Waals surface area contributed by atoms with Crippen LogP contribution in [0.1, 0.15) is 19.4 Å². The van der Waals surface area contributed by atoms with Crippen LogP contribution in [0.5, 0.6) is 0 Å². The monoisotopic (exact) mass is 273 g/mol. The Labute approximate surface area is 107 Å². The number of hydrogen-bond acceptors (Lipinski definition) is 7. The van der Waals surface area contributed by atoms with Crippen LogP contribution in [0.3, 0.4) is 0 Å². The lowest BCUT2D eigenvalue weighted by atomic mass is 10.2. The fraction of sp³-hybridized carbons (Fsp3) is 0.600. The lowest BCUT2D eigenvalue weighted by Gasteiger charge is -2.23. The first-order valence-electron chi connectivity index (χ1n) is 5.41. The minimum absolute atomic E-state index is 0.258. The van der Waals surface area contributed by atoms with Crippen molar-refractivity contribution in [2.75, 3.05) is 23.5 Å². The molecule has 0 aliphatic rings. The van der Waals surface area contributed by atoms with E-state index in [1.54, 1.807) is 20.8 Å². The lowest BCUT2D eigenvalue weighted by Crippen LogP contribution is -2.38. The maximum Gasteiger partial charge on any atom is 0.154 e. The van der Waals surface area contributed by atoms with Gasteiger partial charge in [0.2, 0.25) is 0 Å². The van der Waals surface area contributed by atoms with Crippen molar-refractivity contribution >= 4 is 21.5 Å². The van der Waals surface area contributed by atoms with Crippen molar-refractivity contribution in [3.05, 3.63) is 11.9 Å². The summed E-state index contributed by atoms with van der Waals surface area (Å²) in [6.45, 7) is 5.38. The molecule has 8 heteroatoms. The van der Waals surface area contributed by atoms with Gasteiger partial charge in [0.25, 0.3) is 0 Å². The van der Waals surface area contributed by atoms with Crippen molar-refractivity contribution in [1.82, 2.24) is 9.97 Å². The molecule has 0 aliphatic carbocycles. The van der Waals surface area contributed by atoms with Crippen molar-refractivity contribution in [2.24, 2.45) is 5.84 Å². The fourth-order valence-corrected chi connectivity index (χ4v) is 1.54. The SMILES string of the molecule is Cc1c(NN)ncnc1NCC(C)(C)S(C)(=O)=O. The smallest absolute Gasteiger partial charge is 0.154 e. The van der Waals surface area contributed by atoms with E-state index in [1.807, 2.05) is 0 Å². The van der Waals surface area contributed by atoms with E-state index in [1.165, 1.54) is 12.6 Å². The topological polar surface area (TPSA) is 110 Å². The minimum Gasteiger partial charge on any atom is -0.368 e. The van der Waals surface area contributed by atoms with Crippen LogP contribution in [-0.4, -0.2) is 35.9 Å². The van der Waals surface area contributed by atoms with E-state index >= 15 is 0 Å². The van der Waals surface area contributed by atoms with Crippen LogP contribution in [0.15, 0.2) is 6.33 Å². The standard InChI is InChI=1S/C10H19N5O2S/c1-7-8(13-6-14-9(7)15-11)12-5-10(2,3)18(4,16)17/h6H,5,11H2,1-4H3,(H2,12,13,14,15). The van der Waals surface area contributed by atoms with Crippen LogP contribution >= 0.6 is 0 Å². The number of nitrogens with two attached hydrogens (primary N) is 1. The summed E-state index contributed by atoms with van der Waals surface area (Å²) in [5, 5.41) is 3.01. The highest BCUT2D eigenvalue weighted by Gasteiger charge is 2.30. The summed E-state index contributed by atoms with van der Waals surface area (Å²) in [5.74, 6) is 6.38. The van der Waals surface area contributed by atoms with Gasteiger partial charge in [-0.05, 0) is 20.8 Å². The van der Waals surface area contributed by atoms with Gasteiger partial charge in [-0.1, -0.05) is 0 Å². The number of nitrogens with one attached hydrogen (secondary N) is 2. The fourth-order valence-electron chi connectivity index (χ4n) is 1.20. The maximum absolute atomic E-state index is 11.6. The van der Waals surface area contributed by atoms with Crippen molar-refractivity contribution in [1.29, 1.82) is 0 Å². The van der Waals surface area contributed by atoms with Crippen molar-refractivity contribution in [2.45, 2.75) is 25.5 Å². The Morgan fingerprint density at radius 1 is 1.33 bits per heavy atom. The summed E-state index contributed by atoms with van der Waals surface area (Å²) < 4.78 is 22.3. The van der Waals surface area contributed by atoms with Gasteiger partial charge in [-0.2, -0.15) is 0 Å². The van der Waals surface area contributed by atoms with Gasteiger partial charge in [0.15, 0.2) is 9.84 Å². The summed E-state index contributed by atoms with van der Waals surface area (Å²) >= 11 is 0. The van der Waals surface area contributed by atoms with Crippen LogP contribution in [-0.2, 0) is 9.84 Å². The second-order valence-electron chi connectivity index (χ2n) is 4.73. The third kappa shape index (κ3) is 3.08. The molecule has 0 atom stereocenters. The number of hydrogen-bond donors (Lipinski definition) is 3. The summed E-state index contributed by atoms with van der Waals surface area (Å²) in [6, 6.07) is 0. The minimum atomic E-state index is -3.15. The first-order chi connectivity index (χ1) is 8.19. The van der Waals surface area contributed by atoms with Crippen LogP contribution in [0.2, 0.25) is 0 Å². The Morgan fingerprint density at radius 3 is 2.39 bits per heavy atom. The molecule has 1 aromatic rings. The molecule has 1 aromatic heterocycles. The van der Waals surface area contributed by atoms with Gasteiger partial charge in [0.1, 0.15) is 18.0 Å². The Balaban J connectivity index is 2.88. The molecule has 0 spiro atoms. The second-order valence-corrected chi connectivity index (χ2v) is 7.38. The average molecular weight is 273 g/mol. The molecule has 0 amide bonds. The van der Waals surface area contributed by atoms with Gasteiger partial charge in [-0.15, -0.1) is 0 Å². The Kier molecular flexibility index (Phi) is 4.12. The van der Waals surface area contributed by atoms with E-state index < -0.39 is 14.6 Å². The predicted octanol–water partition coefficient (Wildman–Crippen LogP) is 0.306. The van der Waals surface area contributed by atoms with Gasteiger partial charge < -0.3 is 10.7 Å². The van der Waals surface area contributed by atoms with E-state index in [-0.39, 0.29) is 6.54 Å². The second kappa shape index (κ2) is 5.07. The quantitative estimate of drug-likeness (QED) is 0.523. The van der Waals surface area contributed by atoms with Crippen molar-refractivity contribution in [3.63, 3.8) is 0 Å². The molecule has 1 rings (SSSR count). The molecular formula is C10H19N5O2S. The Morgan fingerprint density at radius 2 is 1.89 bits per heavy atom. The van der Waals surface area contributed by atoms with Gasteiger partial charge in [0.05, 0.1) is 4.75 Å². The molecule has 0 unspecified atom stereocenters. The third-order valence-electron chi connectivity index (χ3n) is 2.91. The zero-order chi connectivity index (χ0) is 14.0. The number of nitrogens with zero attached hydrogens (tertiary/aromatic N) is 2. The first kappa shape index (κ1) is 14.7. The number of anilines is 2. The van der Waals surface area contributed by atoms with Crippen LogP contribution in [0.4, 0.5) is 11.6 Å². The molecule has 1 heterocycles. The van der Waals surface area contributed by atoms with Crippen LogP contribution < -0.4 is 16.6 Å². The zero-order valence-corrected chi connectivity index (χ0v) is 11.8. The van der Waals surface area contributed by atoms with E-state index in [9.17, 15) is 8.42 Å². The summed E-state index contributed by atoms with van der Waals surface area (Å²) in [6.07, 6.45) is 2.58. The third-order valence-corrected chi connectivity index (χ3v) is 5.06. The zero-order valence-electron chi connectivity index (χ0n) is 11.0. The number of sulfone groups is 1. The highest BCUT2D eigenvalue weighted by atomic mass is 32.2. The van der Waals surface area contributed by atoms with E-state index in [0.717, 1.165) is 5.56 Å². The highest BCUT2D eigenvalue weighted by Crippen LogP contribution is 2.20. The summed E-state index contributed by atoms with van der Waals surface area (Å²) in [7, 11) is -3.15. The van der Waals surface area contributed by atoms with Gasteiger partial charge in [-0.25, -0.2) is 24.2 Å². The largest absolute Gasteiger partial charge is 0.368 e. The molecule has 0 aromatic carbocycles. The molecule has 18 heavy (non-hydrogen) atoms. The van der Waals surface area contributed by atoms with Crippen molar-refractivity contribution in [3.8, 4) is 0 Å². The molecule has 7 nitrogen and oxygen atoms in total. The number of rotatable bonds is 5. The summed E-state index contributed by atoms with van der Waals surface area (Å²) in [5.41, 5.74) is 3.19.